The van der Waals surface area contributed by atoms with Crippen LogP contribution in [0.25, 0.3) is 32.0 Å². The Bertz CT molecular complexity index is 1290. The molecule has 0 bridgehead atoms. The van der Waals surface area contributed by atoms with E-state index in [1.54, 1.807) is 24.3 Å². The van der Waals surface area contributed by atoms with E-state index >= 15 is 0 Å². The molecular formula is C27H18N6. The summed E-state index contributed by atoms with van der Waals surface area (Å²) in [6.07, 6.45) is 0. The zero-order valence-corrected chi connectivity index (χ0v) is 17.6. The summed E-state index contributed by atoms with van der Waals surface area (Å²) in [6, 6.07) is 34.9. The number of hydrogen-bond acceptors (Lipinski definition) is 2. The molecule has 4 aromatic carbocycles. The highest BCUT2D eigenvalue weighted by Gasteiger charge is 2.09. The van der Waals surface area contributed by atoms with Gasteiger partial charge in [-0.15, -0.1) is 5.73 Å². The van der Waals surface area contributed by atoms with Crippen LogP contribution in [0, 0.1) is 0 Å². The molecule has 0 aliphatic carbocycles. The summed E-state index contributed by atoms with van der Waals surface area (Å²) in [5.41, 5.74) is 27.9. The van der Waals surface area contributed by atoms with Gasteiger partial charge >= 0.3 is 0 Å². The van der Waals surface area contributed by atoms with E-state index in [2.05, 4.69) is 25.8 Å². The molecule has 0 N–H and O–H groups in total. The van der Waals surface area contributed by atoms with Gasteiger partial charge in [-0.1, -0.05) is 119 Å². The highest BCUT2D eigenvalue weighted by molar-refractivity contribution is 5.89. The summed E-state index contributed by atoms with van der Waals surface area (Å²) in [5.74, 6) is 0. The topological polar surface area (TPSA) is 97.5 Å². The lowest BCUT2D eigenvalue weighted by atomic mass is 9.93. The van der Waals surface area contributed by atoms with Crippen molar-refractivity contribution in [3.8, 4) is 0 Å². The van der Waals surface area contributed by atoms with Crippen molar-refractivity contribution >= 4 is 22.5 Å². The molecule has 0 saturated carbocycles. The van der Waals surface area contributed by atoms with Crippen LogP contribution in [0.4, 0.5) is 11.4 Å². The van der Waals surface area contributed by atoms with Gasteiger partial charge in [0.25, 0.3) is 0 Å². The molecule has 0 heterocycles. The van der Waals surface area contributed by atoms with E-state index in [1.165, 1.54) is 0 Å². The van der Waals surface area contributed by atoms with Crippen LogP contribution < -0.4 is 0 Å². The molecule has 6 nitrogen and oxygen atoms in total. The Balaban J connectivity index is 2.00. The predicted molar refractivity (Wildman–Crippen MR) is 132 cm³/mol. The van der Waals surface area contributed by atoms with E-state index in [1.807, 2.05) is 84.9 Å². The van der Waals surface area contributed by atoms with Crippen molar-refractivity contribution in [3.05, 3.63) is 158 Å². The van der Waals surface area contributed by atoms with Crippen LogP contribution >= 0.6 is 0 Å². The number of benzene rings is 4. The normalized spacial score (nSPS) is 9.70. The summed E-state index contributed by atoms with van der Waals surface area (Å²) < 4.78 is 0. The zero-order valence-electron chi connectivity index (χ0n) is 17.6. The number of rotatable bonds is 6. The summed E-state index contributed by atoms with van der Waals surface area (Å²) in [6.45, 7) is 0. The first-order valence-corrected chi connectivity index (χ1v) is 10.2. The molecule has 0 amide bonds. The van der Waals surface area contributed by atoms with Crippen LogP contribution in [-0.4, -0.2) is 0 Å². The minimum absolute atomic E-state index is 0.551. The monoisotopic (exact) mass is 426 g/mol. The van der Waals surface area contributed by atoms with Gasteiger partial charge in [0.1, 0.15) is 0 Å². The Labute approximate surface area is 191 Å². The zero-order chi connectivity index (χ0) is 22.9. The number of hydrogen-bond donors (Lipinski definition) is 0. The molecule has 4 aromatic rings. The molecule has 0 atom stereocenters. The van der Waals surface area contributed by atoms with Gasteiger partial charge in [0.05, 0.1) is 0 Å². The minimum atomic E-state index is 0.551. The second-order valence-corrected chi connectivity index (χ2v) is 7.08. The van der Waals surface area contributed by atoms with E-state index in [-0.39, 0.29) is 0 Å². The molecule has 156 valence electrons. The van der Waals surface area contributed by atoms with Crippen molar-refractivity contribution in [1.82, 2.24) is 0 Å². The second kappa shape index (κ2) is 10.4. The van der Waals surface area contributed by atoms with Crippen molar-refractivity contribution < 1.29 is 0 Å². The van der Waals surface area contributed by atoms with Crippen LogP contribution in [0.2, 0.25) is 0 Å². The van der Waals surface area contributed by atoms with Crippen molar-refractivity contribution in [3.63, 3.8) is 0 Å². The quantitative estimate of drug-likeness (QED) is 0.127. The maximum Gasteiger partial charge on any atom is 0.0375 e. The Morgan fingerprint density at radius 3 is 1.15 bits per heavy atom. The molecule has 0 aliphatic rings. The Morgan fingerprint density at radius 1 is 0.485 bits per heavy atom. The smallest absolute Gasteiger partial charge is 0.0375 e. The van der Waals surface area contributed by atoms with Crippen LogP contribution in [0.5, 0.6) is 0 Å². The molecule has 0 aliphatic heterocycles. The van der Waals surface area contributed by atoms with Crippen LogP contribution in [0.15, 0.2) is 125 Å². The van der Waals surface area contributed by atoms with Gasteiger partial charge in [-0.05, 0) is 33.3 Å². The standard InChI is InChI=1S/C27H18N6/c28-32-30-24-15-11-22(12-16-24)26(20-7-3-1-4-8-20)19-27(21-9-5-2-6-10-21)23-13-17-25(18-14-23)31-33-29/h1-18H. The van der Waals surface area contributed by atoms with E-state index in [4.69, 9.17) is 11.1 Å². The lowest BCUT2D eigenvalue weighted by Crippen LogP contribution is -1.90. The molecule has 0 radical (unpaired) electrons. The van der Waals surface area contributed by atoms with Crippen LogP contribution in [0.1, 0.15) is 22.3 Å². The summed E-state index contributed by atoms with van der Waals surface area (Å²) in [4.78, 5) is 5.71. The Kier molecular flexibility index (Phi) is 6.67. The average Bonchev–Trinajstić information content (AvgIpc) is 2.88. The van der Waals surface area contributed by atoms with Gasteiger partial charge in [0, 0.05) is 32.3 Å². The molecule has 6 heteroatoms. The molecule has 33 heavy (non-hydrogen) atoms. The number of nitrogens with zero attached hydrogens (tertiary/aromatic N) is 6. The van der Waals surface area contributed by atoms with Gasteiger partial charge in [0.15, 0.2) is 0 Å². The maximum atomic E-state index is 8.71. The Morgan fingerprint density at radius 2 is 0.818 bits per heavy atom. The lowest BCUT2D eigenvalue weighted by molar-refractivity contribution is 1.45. The summed E-state index contributed by atoms with van der Waals surface area (Å²) >= 11 is 0. The fourth-order valence-electron chi connectivity index (χ4n) is 3.45. The molecule has 4 rings (SSSR count). The minimum Gasteiger partial charge on any atom is -0.102 e. The van der Waals surface area contributed by atoms with Crippen molar-refractivity contribution in [2.75, 3.05) is 0 Å². The largest absolute Gasteiger partial charge is 0.102 e. The fraction of sp³-hybridized carbons (Fsp3) is 0. The first-order chi connectivity index (χ1) is 16.3. The second-order valence-electron chi connectivity index (χ2n) is 7.08. The third-order valence-electron chi connectivity index (χ3n) is 5.01. The predicted octanol–water partition coefficient (Wildman–Crippen LogP) is 8.73. The van der Waals surface area contributed by atoms with Gasteiger partial charge in [-0.2, -0.15) is 0 Å². The third kappa shape index (κ3) is 5.20. The number of azide groups is 2. The third-order valence-corrected chi connectivity index (χ3v) is 5.01. The summed E-state index contributed by atoms with van der Waals surface area (Å²) in [5, 5.41) is 7.34. The molecular weight excluding hydrogens is 408 g/mol. The van der Waals surface area contributed by atoms with Crippen LogP contribution in [0.3, 0.4) is 0 Å². The molecule has 0 spiro atoms. The van der Waals surface area contributed by atoms with E-state index < -0.39 is 0 Å². The van der Waals surface area contributed by atoms with Crippen LogP contribution in [-0.2, 0) is 0 Å². The van der Waals surface area contributed by atoms with E-state index in [9.17, 15) is 0 Å². The first kappa shape index (κ1) is 21.3. The van der Waals surface area contributed by atoms with Gasteiger partial charge in [0.2, 0.25) is 0 Å². The van der Waals surface area contributed by atoms with Crippen molar-refractivity contribution in [2.24, 2.45) is 10.2 Å². The van der Waals surface area contributed by atoms with E-state index in [0.717, 1.165) is 33.4 Å². The van der Waals surface area contributed by atoms with Gasteiger partial charge in [-0.3, -0.25) is 0 Å². The summed E-state index contributed by atoms with van der Waals surface area (Å²) in [7, 11) is 0. The maximum absolute atomic E-state index is 8.71. The first-order valence-electron chi connectivity index (χ1n) is 10.2. The molecule has 0 saturated heterocycles. The van der Waals surface area contributed by atoms with Gasteiger partial charge < -0.3 is 0 Å². The molecule has 0 unspecified atom stereocenters. The van der Waals surface area contributed by atoms with E-state index in [0.29, 0.717) is 11.4 Å². The lowest BCUT2D eigenvalue weighted by Gasteiger charge is -2.10. The van der Waals surface area contributed by atoms with Crippen molar-refractivity contribution in [1.29, 1.82) is 0 Å². The highest BCUT2D eigenvalue weighted by Crippen LogP contribution is 2.30. The molecule has 0 fully saturated rings. The van der Waals surface area contributed by atoms with Crippen molar-refractivity contribution in [2.45, 2.75) is 0 Å². The fourth-order valence-corrected chi connectivity index (χ4v) is 3.45. The Hall–Kier alpha value is -4.98. The molecule has 0 aromatic heterocycles. The highest BCUT2D eigenvalue weighted by atomic mass is 15.1. The van der Waals surface area contributed by atoms with Gasteiger partial charge in [-0.25, -0.2) is 0 Å². The average molecular weight is 426 g/mol. The SMILES string of the molecule is [N-]=[N+]=Nc1ccc(C(=C=C(c2ccccc2)c2ccc(N=[N+]=[N-])cc2)c2ccccc2)cc1.